The molecule has 24 heavy (non-hydrogen) atoms. The Morgan fingerprint density at radius 3 is 2.54 bits per heavy atom. The number of carbonyl (C=O) groups excluding carboxylic acids is 1. The van der Waals surface area contributed by atoms with Crippen molar-refractivity contribution >= 4 is 34.6 Å². The molecule has 2 heterocycles. The van der Waals surface area contributed by atoms with Crippen LogP contribution in [-0.2, 0) is 11.2 Å². The number of pyridine rings is 1. The molecule has 0 atom stereocenters. The first kappa shape index (κ1) is 16.5. The molecule has 1 aromatic carbocycles. The van der Waals surface area contributed by atoms with Gasteiger partial charge in [0.25, 0.3) is 5.91 Å². The molecule has 1 saturated heterocycles. The Bertz CT molecular complexity index is 782. The van der Waals surface area contributed by atoms with Gasteiger partial charge in [0.05, 0.1) is 10.6 Å². The van der Waals surface area contributed by atoms with Crippen LogP contribution in [0.15, 0.2) is 58.7 Å². The number of likely N-dealkylation sites (N-methyl/N-ethyl adjacent to an activating group) is 1. The highest BCUT2D eigenvalue weighted by Gasteiger charge is 2.30. The molecule has 0 radical (unpaired) electrons. The molecule has 1 aliphatic rings. The summed E-state index contributed by atoms with van der Waals surface area (Å²) < 4.78 is 0. The largest absolute Gasteiger partial charge is 0.290 e. The summed E-state index contributed by atoms with van der Waals surface area (Å²) in [5.74, 6) is -0.0295. The van der Waals surface area contributed by atoms with E-state index in [1.165, 1.54) is 17.3 Å². The average molecular weight is 337 g/mol. The van der Waals surface area contributed by atoms with Crippen LogP contribution >= 0.6 is 11.8 Å². The van der Waals surface area contributed by atoms with Gasteiger partial charge in [-0.3, -0.25) is 14.7 Å². The van der Waals surface area contributed by atoms with Crippen LogP contribution in [0.4, 0.5) is 5.69 Å². The molecular formula is C19H19N3OS. The first-order valence-electron chi connectivity index (χ1n) is 7.92. The summed E-state index contributed by atoms with van der Waals surface area (Å²) in [6.45, 7) is 2.17. The van der Waals surface area contributed by atoms with Crippen molar-refractivity contribution in [1.82, 2.24) is 9.88 Å². The van der Waals surface area contributed by atoms with Gasteiger partial charge < -0.3 is 0 Å². The van der Waals surface area contributed by atoms with Gasteiger partial charge in [-0.2, -0.15) is 0 Å². The van der Waals surface area contributed by atoms with Crippen LogP contribution in [0.5, 0.6) is 0 Å². The Morgan fingerprint density at radius 1 is 1.17 bits per heavy atom. The third-order valence-corrected chi connectivity index (χ3v) is 4.77. The van der Waals surface area contributed by atoms with Gasteiger partial charge in [-0.1, -0.05) is 25.5 Å². The van der Waals surface area contributed by atoms with Crippen LogP contribution in [0.2, 0.25) is 0 Å². The first-order valence-corrected chi connectivity index (χ1v) is 8.74. The molecular weight excluding hydrogens is 318 g/mol. The topological polar surface area (TPSA) is 45.6 Å². The molecule has 1 fully saturated rings. The number of nitrogens with zero attached hydrogens (tertiary/aromatic N) is 3. The van der Waals surface area contributed by atoms with E-state index in [-0.39, 0.29) is 5.91 Å². The Kier molecular flexibility index (Phi) is 5.11. The number of benzene rings is 1. The summed E-state index contributed by atoms with van der Waals surface area (Å²) in [5.41, 5.74) is 3.13. The van der Waals surface area contributed by atoms with E-state index in [9.17, 15) is 4.79 Å². The van der Waals surface area contributed by atoms with Gasteiger partial charge in [-0.15, -0.1) is 0 Å². The van der Waals surface area contributed by atoms with Crippen molar-refractivity contribution in [2.24, 2.45) is 4.99 Å². The molecule has 122 valence electrons. The lowest BCUT2D eigenvalue weighted by Gasteiger charge is -2.07. The maximum Gasteiger partial charge on any atom is 0.266 e. The second kappa shape index (κ2) is 7.45. The molecule has 0 bridgehead atoms. The molecule has 0 spiro atoms. The van der Waals surface area contributed by atoms with Gasteiger partial charge in [0.15, 0.2) is 5.17 Å². The number of hydrogen-bond acceptors (Lipinski definition) is 4. The molecule has 0 unspecified atom stereocenters. The lowest BCUT2D eigenvalue weighted by Crippen LogP contribution is -2.23. The van der Waals surface area contributed by atoms with E-state index in [0.29, 0.717) is 10.1 Å². The Hall–Kier alpha value is -2.40. The van der Waals surface area contributed by atoms with E-state index in [1.807, 2.05) is 30.3 Å². The number of carbonyl (C=O) groups is 1. The number of amides is 1. The minimum Gasteiger partial charge on any atom is -0.290 e. The van der Waals surface area contributed by atoms with E-state index in [0.717, 1.165) is 24.1 Å². The number of aliphatic imine (C=N–C) groups is 1. The zero-order chi connectivity index (χ0) is 16.9. The van der Waals surface area contributed by atoms with E-state index >= 15 is 0 Å². The molecule has 2 aromatic rings. The zero-order valence-corrected chi connectivity index (χ0v) is 14.6. The average Bonchev–Trinajstić information content (AvgIpc) is 2.86. The number of rotatable bonds is 4. The second-order valence-electron chi connectivity index (χ2n) is 5.57. The van der Waals surface area contributed by atoms with Crippen molar-refractivity contribution in [3.8, 4) is 0 Å². The minimum absolute atomic E-state index is 0.0295. The van der Waals surface area contributed by atoms with Crippen LogP contribution in [0, 0.1) is 0 Å². The summed E-state index contributed by atoms with van der Waals surface area (Å²) in [4.78, 5) is 23.3. The van der Waals surface area contributed by atoms with Crippen molar-refractivity contribution in [2.75, 3.05) is 7.05 Å². The number of aryl methyl sites for hydroxylation is 1. The smallest absolute Gasteiger partial charge is 0.266 e. The zero-order valence-electron chi connectivity index (χ0n) is 13.8. The Balaban J connectivity index is 1.82. The van der Waals surface area contributed by atoms with Gasteiger partial charge in [-0.25, -0.2) is 4.99 Å². The van der Waals surface area contributed by atoms with E-state index in [2.05, 4.69) is 29.0 Å². The summed E-state index contributed by atoms with van der Waals surface area (Å²) in [6.07, 6.45) is 7.51. The minimum atomic E-state index is -0.0295. The van der Waals surface area contributed by atoms with Gasteiger partial charge >= 0.3 is 0 Å². The molecule has 0 N–H and O–H groups in total. The summed E-state index contributed by atoms with van der Waals surface area (Å²) in [7, 11) is 1.76. The van der Waals surface area contributed by atoms with Gasteiger partial charge in [0.1, 0.15) is 0 Å². The van der Waals surface area contributed by atoms with Crippen LogP contribution in [-0.4, -0.2) is 28.0 Å². The van der Waals surface area contributed by atoms with E-state index in [1.54, 1.807) is 24.3 Å². The summed E-state index contributed by atoms with van der Waals surface area (Å²) >= 11 is 1.40. The van der Waals surface area contributed by atoms with E-state index < -0.39 is 0 Å². The van der Waals surface area contributed by atoms with Crippen LogP contribution in [0.25, 0.3) is 6.08 Å². The van der Waals surface area contributed by atoms with Crippen molar-refractivity contribution in [2.45, 2.75) is 19.8 Å². The quantitative estimate of drug-likeness (QED) is 0.783. The lowest BCUT2D eigenvalue weighted by molar-refractivity contribution is -0.121. The van der Waals surface area contributed by atoms with Gasteiger partial charge in [-0.05, 0) is 59.7 Å². The summed E-state index contributed by atoms with van der Waals surface area (Å²) in [6, 6.07) is 11.9. The molecule has 5 heteroatoms. The normalized spacial score (nSPS) is 17.9. The summed E-state index contributed by atoms with van der Waals surface area (Å²) in [5, 5.41) is 0.698. The highest BCUT2D eigenvalue weighted by Crippen LogP contribution is 2.33. The van der Waals surface area contributed by atoms with Crippen molar-refractivity contribution < 1.29 is 4.79 Å². The van der Waals surface area contributed by atoms with Crippen molar-refractivity contribution in [3.05, 3.63) is 64.8 Å². The third kappa shape index (κ3) is 3.74. The van der Waals surface area contributed by atoms with Crippen molar-refractivity contribution in [3.63, 3.8) is 0 Å². The van der Waals surface area contributed by atoms with Crippen molar-refractivity contribution in [1.29, 1.82) is 0 Å². The fourth-order valence-corrected chi connectivity index (χ4v) is 3.39. The second-order valence-corrected chi connectivity index (χ2v) is 6.58. The number of thioether (sulfide) groups is 1. The molecule has 1 aromatic heterocycles. The molecule has 1 amide bonds. The van der Waals surface area contributed by atoms with Crippen LogP contribution < -0.4 is 0 Å². The number of hydrogen-bond donors (Lipinski definition) is 0. The lowest BCUT2D eigenvalue weighted by atomic mass is 10.1. The highest BCUT2D eigenvalue weighted by atomic mass is 32.2. The molecule has 3 rings (SSSR count). The fourth-order valence-electron chi connectivity index (χ4n) is 2.40. The standard InChI is InChI=1S/C19H19N3OS/c1-3-4-14-5-7-16(8-6-14)21-19-22(2)18(23)17(24-19)13-15-9-11-20-12-10-15/h5-13H,3-4H2,1-2H3/b17-13-,21-19?. The van der Waals surface area contributed by atoms with Gasteiger partial charge in [0.2, 0.25) is 0 Å². The fraction of sp³-hybridized carbons (Fsp3) is 0.211. The van der Waals surface area contributed by atoms with Crippen LogP contribution in [0.3, 0.4) is 0 Å². The SMILES string of the molecule is CCCc1ccc(N=C2S/C(=C\c3ccncc3)C(=O)N2C)cc1. The van der Waals surface area contributed by atoms with Gasteiger partial charge in [0, 0.05) is 19.4 Å². The third-order valence-electron chi connectivity index (χ3n) is 3.71. The monoisotopic (exact) mass is 337 g/mol. The van der Waals surface area contributed by atoms with E-state index in [4.69, 9.17) is 0 Å². The first-order chi connectivity index (χ1) is 11.7. The number of amidine groups is 1. The molecule has 4 nitrogen and oxygen atoms in total. The molecule has 0 aliphatic carbocycles. The maximum atomic E-state index is 12.4. The predicted octanol–water partition coefficient (Wildman–Crippen LogP) is 4.27. The Morgan fingerprint density at radius 2 is 1.88 bits per heavy atom. The molecule has 0 saturated carbocycles. The van der Waals surface area contributed by atoms with Crippen LogP contribution in [0.1, 0.15) is 24.5 Å². The highest BCUT2D eigenvalue weighted by molar-refractivity contribution is 8.18. The number of aromatic nitrogens is 1. The molecule has 1 aliphatic heterocycles. The Labute approximate surface area is 146 Å². The predicted molar refractivity (Wildman–Crippen MR) is 100 cm³/mol. The maximum absolute atomic E-state index is 12.4.